The van der Waals surface area contributed by atoms with Crippen LogP contribution >= 0.6 is 0 Å². The molecule has 0 amide bonds. The number of hydrogen-bond donors (Lipinski definition) is 2. The van der Waals surface area contributed by atoms with Crippen molar-refractivity contribution in [3.8, 4) is 0 Å². The van der Waals surface area contributed by atoms with E-state index in [2.05, 4.69) is 0 Å². The molecule has 0 aliphatic heterocycles. The highest BCUT2D eigenvalue weighted by Crippen LogP contribution is 2.53. The predicted molar refractivity (Wildman–Crippen MR) is 70.5 cm³/mol. The molecule has 0 heterocycles. The van der Waals surface area contributed by atoms with Gasteiger partial charge in [-0.1, -0.05) is 6.92 Å². The molecule has 108 valence electrons. The molecule has 0 aromatic rings. The molecule has 2 N–H and O–H groups in total. The predicted octanol–water partition coefficient (Wildman–Crippen LogP) is 1.47. The second-order valence-corrected chi connectivity index (χ2v) is 7.28. The first-order valence-corrected chi connectivity index (χ1v) is 7.02. The molecule has 4 atom stereocenters. The Balaban J connectivity index is 2.43. The largest absolute Gasteiger partial charge is 0.390 e. The minimum Gasteiger partial charge on any atom is -0.390 e. The summed E-state index contributed by atoms with van der Waals surface area (Å²) >= 11 is 0. The van der Waals surface area contributed by atoms with Gasteiger partial charge in [-0.3, -0.25) is 9.59 Å². The van der Waals surface area contributed by atoms with Crippen molar-refractivity contribution in [2.45, 2.75) is 64.6 Å². The maximum Gasteiger partial charge on any atom is 0.145 e. The number of aliphatic hydroxyl groups is 2. The molecule has 19 heavy (non-hydrogen) atoms. The van der Waals surface area contributed by atoms with Gasteiger partial charge < -0.3 is 10.2 Å². The molecule has 4 nitrogen and oxygen atoms in total. The van der Waals surface area contributed by atoms with E-state index in [1.807, 2.05) is 0 Å². The number of rotatable bonds is 1. The molecule has 0 aromatic carbocycles. The highest BCUT2D eigenvalue weighted by molar-refractivity contribution is 5.97. The van der Waals surface area contributed by atoms with E-state index in [0.717, 1.165) is 0 Å². The number of Topliss-reactive ketones (excluding diaryl/α,β-unsaturated/α-hetero) is 2. The minimum atomic E-state index is -1.15. The van der Waals surface area contributed by atoms with E-state index in [4.69, 9.17) is 0 Å². The molecular weight excluding hydrogens is 244 g/mol. The monoisotopic (exact) mass is 268 g/mol. The Morgan fingerprint density at radius 1 is 1.21 bits per heavy atom. The number of hydrogen-bond acceptors (Lipinski definition) is 4. The highest BCUT2D eigenvalue weighted by atomic mass is 16.3. The van der Waals surface area contributed by atoms with Gasteiger partial charge in [-0.25, -0.2) is 0 Å². The Hall–Kier alpha value is -0.740. The smallest absolute Gasteiger partial charge is 0.145 e. The van der Waals surface area contributed by atoms with E-state index in [-0.39, 0.29) is 11.6 Å². The molecule has 2 saturated carbocycles. The molecule has 0 spiro atoms. The van der Waals surface area contributed by atoms with Crippen LogP contribution in [0.15, 0.2) is 0 Å². The van der Waals surface area contributed by atoms with Gasteiger partial charge >= 0.3 is 0 Å². The van der Waals surface area contributed by atoms with Gasteiger partial charge in [-0.05, 0) is 40.0 Å². The van der Waals surface area contributed by atoms with Gasteiger partial charge in [-0.2, -0.15) is 0 Å². The summed E-state index contributed by atoms with van der Waals surface area (Å²) in [6.07, 6.45) is 1.74. The SMILES string of the molecule is CC(C)(O)[C@@H]1CC[C@@]2(C)C(=O)CC[C@](C)(O)[C@@H]2C1=O. The van der Waals surface area contributed by atoms with E-state index in [9.17, 15) is 19.8 Å². The third-order valence-corrected chi connectivity index (χ3v) is 5.19. The average Bonchev–Trinajstić information content (AvgIpc) is 2.22. The summed E-state index contributed by atoms with van der Waals surface area (Å²) in [7, 11) is 0. The summed E-state index contributed by atoms with van der Waals surface area (Å²) in [5.41, 5.74) is -3.01. The first-order chi connectivity index (χ1) is 8.50. The van der Waals surface area contributed by atoms with Crippen molar-refractivity contribution in [1.82, 2.24) is 0 Å². The van der Waals surface area contributed by atoms with Crippen LogP contribution in [-0.4, -0.2) is 33.0 Å². The summed E-state index contributed by atoms with van der Waals surface area (Å²) in [6.45, 7) is 6.69. The van der Waals surface area contributed by atoms with E-state index in [1.165, 1.54) is 0 Å². The van der Waals surface area contributed by atoms with Crippen molar-refractivity contribution in [2.24, 2.45) is 17.3 Å². The maximum absolute atomic E-state index is 12.7. The number of ketones is 2. The van der Waals surface area contributed by atoms with Crippen LogP contribution in [0.1, 0.15) is 53.4 Å². The fourth-order valence-electron chi connectivity index (χ4n) is 4.04. The first-order valence-electron chi connectivity index (χ1n) is 7.02. The van der Waals surface area contributed by atoms with Crippen LogP contribution in [0.2, 0.25) is 0 Å². The lowest BCUT2D eigenvalue weighted by Crippen LogP contribution is -2.62. The Morgan fingerprint density at radius 3 is 2.32 bits per heavy atom. The Morgan fingerprint density at radius 2 is 1.79 bits per heavy atom. The summed E-state index contributed by atoms with van der Waals surface area (Å²) in [6, 6.07) is 0. The molecule has 2 fully saturated rings. The molecule has 0 saturated heterocycles. The van der Waals surface area contributed by atoms with Crippen molar-refractivity contribution in [3.63, 3.8) is 0 Å². The first kappa shape index (κ1) is 14.7. The normalized spacial score (nSPS) is 44.1. The lowest BCUT2D eigenvalue weighted by atomic mass is 9.51. The molecule has 0 aromatic heterocycles. The van der Waals surface area contributed by atoms with Crippen LogP contribution in [0.25, 0.3) is 0 Å². The second kappa shape index (κ2) is 4.13. The lowest BCUT2D eigenvalue weighted by molar-refractivity contribution is -0.177. The van der Waals surface area contributed by atoms with Crippen molar-refractivity contribution in [1.29, 1.82) is 0 Å². The third-order valence-electron chi connectivity index (χ3n) is 5.19. The number of carbonyl (C=O) groups excluding carboxylic acids is 2. The maximum atomic E-state index is 12.7. The Kier molecular flexibility index (Phi) is 3.18. The molecule has 2 aliphatic rings. The fourth-order valence-corrected chi connectivity index (χ4v) is 4.04. The van der Waals surface area contributed by atoms with Crippen LogP contribution in [0.4, 0.5) is 0 Å². The molecule has 0 unspecified atom stereocenters. The van der Waals surface area contributed by atoms with E-state index >= 15 is 0 Å². The minimum absolute atomic E-state index is 0.0755. The van der Waals surface area contributed by atoms with Gasteiger partial charge in [0, 0.05) is 17.8 Å². The topological polar surface area (TPSA) is 74.6 Å². The molecule has 0 radical (unpaired) electrons. The van der Waals surface area contributed by atoms with Crippen LogP contribution < -0.4 is 0 Å². The quantitative estimate of drug-likeness (QED) is 0.755. The van der Waals surface area contributed by atoms with E-state index in [1.54, 1.807) is 27.7 Å². The van der Waals surface area contributed by atoms with Gasteiger partial charge in [0.15, 0.2) is 0 Å². The van der Waals surface area contributed by atoms with Gasteiger partial charge in [0.25, 0.3) is 0 Å². The van der Waals surface area contributed by atoms with Crippen molar-refractivity contribution < 1.29 is 19.8 Å². The zero-order chi connectivity index (χ0) is 14.6. The number of fused-ring (bicyclic) bond motifs is 1. The van der Waals surface area contributed by atoms with Crippen LogP contribution in [0, 0.1) is 17.3 Å². The van der Waals surface area contributed by atoms with Gasteiger partial charge in [0.2, 0.25) is 0 Å². The van der Waals surface area contributed by atoms with Crippen LogP contribution in [0.5, 0.6) is 0 Å². The average molecular weight is 268 g/mol. The summed E-state index contributed by atoms with van der Waals surface area (Å²) in [5.74, 6) is -1.26. The summed E-state index contributed by atoms with van der Waals surface area (Å²) < 4.78 is 0. The molecule has 2 rings (SSSR count). The van der Waals surface area contributed by atoms with Crippen molar-refractivity contribution >= 4 is 11.6 Å². The molecular formula is C15H24O4. The van der Waals surface area contributed by atoms with Gasteiger partial charge in [-0.15, -0.1) is 0 Å². The van der Waals surface area contributed by atoms with Crippen LogP contribution in [0.3, 0.4) is 0 Å². The third kappa shape index (κ3) is 2.15. The summed E-state index contributed by atoms with van der Waals surface area (Å²) in [5, 5.41) is 20.7. The molecule has 4 heteroatoms. The zero-order valence-corrected chi connectivity index (χ0v) is 12.2. The molecule has 2 aliphatic carbocycles. The number of carbonyl (C=O) groups is 2. The Labute approximate surface area is 114 Å². The lowest BCUT2D eigenvalue weighted by Gasteiger charge is -2.53. The molecule has 0 bridgehead atoms. The zero-order valence-electron chi connectivity index (χ0n) is 12.2. The van der Waals surface area contributed by atoms with E-state index < -0.39 is 28.5 Å². The van der Waals surface area contributed by atoms with Crippen LogP contribution in [-0.2, 0) is 9.59 Å². The second-order valence-electron chi connectivity index (χ2n) is 7.28. The van der Waals surface area contributed by atoms with Crippen molar-refractivity contribution in [2.75, 3.05) is 0 Å². The van der Waals surface area contributed by atoms with Gasteiger partial charge in [0.05, 0.1) is 17.1 Å². The highest BCUT2D eigenvalue weighted by Gasteiger charge is 2.60. The van der Waals surface area contributed by atoms with Gasteiger partial charge in [0.1, 0.15) is 11.6 Å². The fraction of sp³-hybridized carbons (Fsp3) is 0.867. The summed E-state index contributed by atoms with van der Waals surface area (Å²) in [4.78, 5) is 24.9. The van der Waals surface area contributed by atoms with E-state index in [0.29, 0.717) is 25.7 Å². The Bertz CT molecular complexity index is 418. The standard InChI is InChI=1S/C15H24O4/c1-13(2,18)9-5-7-14(3)10(16)6-8-15(4,19)12(14)11(9)17/h9,12,18-19H,5-8H2,1-4H3/t9-,12-,14+,15+/m1/s1. The van der Waals surface area contributed by atoms with Crippen molar-refractivity contribution in [3.05, 3.63) is 0 Å².